The van der Waals surface area contributed by atoms with Crippen LogP contribution in [0.3, 0.4) is 0 Å². The normalized spacial score (nSPS) is 35.1. The second-order valence-corrected chi connectivity index (χ2v) is 4.83. The fourth-order valence-electron chi connectivity index (χ4n) is 3.05. The summed E-state index contributed by atoms with van der Waals surface area (Å²) in [5, 5.41) is 3.64. The van der Waals surface area contributed by atoms with Gasteiger partial charge in [-0.25, -0.2) is 0 Å². The lowest BCUT2D eigenvalue weighted by atomic mass is 9.72. The number of rotatable bonds is 0. The van der Waals surface area contributed by atoms with E-state index in [2.05, 4.69) is 36.5 Å². The molecule has 1 fully saturated rings. The van der Waals surface area contributed by atoms with Crippen LogP contribution in [0, 0.1) is 5.92 Å². The van der Waals surface area contributed by atoms with Crippen LogP contribution < -0.4 is 5.32 Å². The minimum Gasteiger partial charge on any atom is -0.313 e. The third-order valence-electron chi connectivity index (χ3n) is 3.87. The van der Waals surface area contributed by atoms with Crippen LogP contribution in [-0.2, 0) is 6.42 Å². The molecule has 0 spiro atoms. The molecule has 1 aliphatic heterocycles. The number of benzene rings is 1. The smallest absolute Gasteiger partial charge is 0.0114 e. The van der Waals surface area contributed by atoms with Gasteiger partial charge in [-0.3, -0.25) is 0 Å². The number of hydrogen-bond donors (Lipinski definition) is 1. The summed E-state index contributed by atoms with van der Waals surface area (Å²) in [6.45, 7) is 3.57. The third-order valence-corrected chi connectivity index (χ3v) is 3.87. The molecule has 14 heavy (non-hydrogen) atoms. The van der Waals surface area contributed by atoms with E-state index in [1.807, 2.05) is 0 Å². The Morgan fingerprint density at radius 3 is 3.07 bits per heavy atom. The number of nitrogens with one attached hydrogen (secondary N) is 1. The summed E-state index contributed by atoms with van der Waals surface area (Å²) in [4.78, 5) is 0. The van der Waals surface area contributed by atoms with Crippen LogP contribution in [0.2, 0.25) is 0 Å². The molecule has 1 aliphatic carbocycles. The van der Waals surface area contributed by atoms with Gasteiger partial charge in [0, 0.05) is 6.04 Å². The highest BCUT2D eigenvalue weighted by Gasteiger charge is 2.33. The van der Waals surface area contributed by atoms with E-state index in [1.165, 1.54) is 19.4 Å². The molecule has 1 aromatic rings. The molecular formula is C13H17N. The molecule has 2 unspecified atom stereocenters. The van der Waals surface area contributed by atoms with Gasteiger partial charge in [-0.05, 0) is 42.3 Å². The van der Waals surface area contributed by atoms with Gasteiger partial charge in [0.15, 0.2) is 0 Å². The minimum absolute atomic E-state index is 0.742. The maximum Gasteiger partial charge on any atom is 0.0114 e. The van der Waals surface area contributed by atoms with Crippen LogP contribution in [0.5, 0.6) is 0 Å². The van der Waals surface area contributed by atoms with E-state index >= 15 is 0 Å². The molecule has 2 aliphatic rings. The Morgan fingerprint density at radius 2 is 2.14 bits per heavy atom. The fourth-order valence-corrected chi connectivity index (χ4v) is 3.05. The van der Waals surface area contributed by atoms with E-state index in [-0.39, 0.29) is 0 Å². The maximum atomic E-state index is 3.64. The van der Waals surface area contributed by atoms with Gasteiger partial charge in [-0.1, -0.05) is 31.2 Å². The van der Waals surface area contributed by atoms with E-state index in [9.17, 15) is 0 Å². The van der Waals surface area contributed by atoms with E-state index < -0.39 is 0 Å². The summed E-state index contributed by atoms with van der Waals surface area (Å²) in [6.07, 6.45) is 2.58. The second kappa shape index (κ2) is 3.09. The Bertz CT molecular complexity index is 345. The molecule has 1 saturated heterocycles. The molecule has 74 valence electrons. The first kappa shape index (κ1) is 8.49. The van der Waals surface area contributed by atoms with Crippen LogP contribution in [-0.4, -0.2) is 12.6 Å². The molecule has 1 heteroatoms. The van der Waals surface area contributed by atoms with Crippen LogP contribution in [0.4, 0.5) is 0 Å². The van der Waals surface area contributed by atoms with Gasteiger partial charge < -0.3 is 5.32 Å². The zero-order chi connectivity index (χ0) is 9.54. The molecule has 3 rings (SSSR count). The van der Waals surface area contributed by atoms with Crippen LogP contribution in [0.1, 0.15) is 30.4 Å². The quantitative estimate of drug-likeness (QED) is 0.657. The highest BCUT2D eigenvalue weighted by molar-refractivity contribution is 5.35. The molecule has 3 atom stereocenters. The standard InChI is InChI=1S/C13H17N/c1-9-8-14-11-6-10-4-2-3-5-12(10)13(9)7-11/h2-5,9,11,13-14H,6-8H2,1H3/t9?,11-,13?/m1/s1. The first-order valence-corrected chi connectivity index (χ1v) is 5.66. The summed E-state index contributed by atoms with van der Waals surface area (Å²) in [6, 6.07) is 9.73. The molecule has 1 N–H and O–H groups in total. The van der Waals surface area contributed by atoms with Crippen molar-refractivity contribution in [1.82, 2.24) is 5.32 Å². The molecule has 0 amide bonds. The van der Waals surface area contributed by atoms with Gasteiger partial charge in [0.1, 0.15) is 0 Å². The largest absolute Gasteiger partial charge is 0.313 e. The highest BCUT2D eigenvalue weighted by Crippen LogP contribution is 2.39. The van der Waals surface area contributed by atoms with Crippen molar-refractivity contribution >= 4 is 0 Å². The SMILES string of the molecule is CC1CN[C@@H]2Cc3ccccc3C1C2. The van der Waals surface area contributed by atoms with Gasteiger partial charge in [0.2, 0.25) is 0 Å². The average Bonchev–Trinajstić information content (AvgIpc) is 2.23. The summed E-state index contributed by atoms with van der Waals surface area (Å²) >= 11 is 0. The average molecular weight is 187 g/mol. The Balaban J connectivity index is 2.06. The summed E-state index contributed by atoms with van der Waals surface area (Å²) < 4.78 is 0. The van der Waals surface area contributed by atoms with Gasteiger partial charge in [0.05, 0.1) is 0 Å². The van der Waals surface area contributed by atoms with Crippen LogP contribution in [0.25, 0.3) is 0 Å². The lowest BCUT2D eigenvalue weighted by Gasteiger charge is -2.41. The van der Waals surface area contributed by atoms with E-state index in [0.717, 1.165) is 17.9 Å². The zero-order valence-corrected chi connectivity index (χ0v) is 8.66. The lowest BCUT2D eigenvalue weighted by Crippen LogP contribution is -2.46. The fraction of sp³-hybridized carbons (Fsp3) is 0.538. The molecule has 0 aromatic heterocycles. The summed E-state index contributed by atoms with van der Waals surface area (Å²) in [5.41, 5.74) is 3.20. The van der Waals surface area contributed by atoms with Crippen molar-refractivity contribution in [2.75, 3.05) is 6.54 Å². The Morgan fingerprint density at radius 1 is 1.29 bits per heavy atom. The molecule has 1 aromatic carbocycles. The lowest BCUT2D eigenvalue weighted by molar-refractivity contribution is 0.266. The Kier molecular flexibility index (Phi) is 1.88. The second-order valence-electron chi connectivity index (χ2n) is 4.83. The van der Waals surface area contributed by atoms with Crippen molar-refractivity contribution in [2.24, 2.45) is 5.92 Å². The monoisotopic (exact) mass is 187 g/mol. The number of fused-ring (bicyclic) bond motifs is 4. The van der Waals surface area contributed by atoms with E-state index in [1.54, 1.807) is 11.1 Å². The maximum absolute atomic E-state index is 3.64. The van der Waals surface area contributed by atoms with Gasteiger partial charge in [-0.15, -0.1) is 0 Å². The van der Waals surface area contributed by atoms with Crippen molar-refractivity contribution < 1.29 is 0 Å². The number of piperidine rings is 1. The predicted molar refractivity (Wildman–Crippen MR) is 58.5 cm³/mol. The Hall–Kier alpha value is -0.820. The first-order chi connectivity index (χ1) is 6.84. The van der Waals surface area contributed by atoms with Crippen molar-refractivity contribution in [3.8, 4) is 0 Å². The summed E-state index contributed by atoms with van der Waals surface area (Å²) in [5.74, 6) is 1.61. The van der Waals surface area contributed by atoms with E-state index in [0.29, 0.717) is 0 Å². The topological polar surface area (TPSA) is 12.0 Å². The van der Waals surface area contributed by atoms with Gasteiger partial charge in [-0.2, -0.15) is 0 Å². The Labute approximate surface area is 85.5 Å². The highest BCUT2D eigenvalue weighted by atomic mass is 14.9. The minimum atomic E-state index is 0.742. The van der Waals surface area contributed by atoms with Gasteiger partial charge in [0.25, 0.3) is 0 Å². The van der Waals surface area contributed by atoms with Crippen molar-refractivity contribution in [3.05, 3.63) is 35.4 Å². The van der Waals surface area contributed by atoms with Crippen molar-refractivity contribution in [2.45, 2.75) is 31.7 Å². The van der Waals surface area contributed by atoms with Gasteiger partial charge >= 0.3 is 0 Å². The van der Waals surface area contributed by atoms with Crippen molar-refractivity contribution in [3.63, 3.8) is 0 Å². The molecule has 0 saturated carbocycles. The summed E-state index contributed by atoms with van der Waals surface area (Å²) in [7, 11) is 0. The van der Waals surface area contributed by atoms with Crippen molar-refractivity contribution in [1.29, 1.82) is 0 Å². The number of hydrogen-bond acceptors (Lipinski definition) is 1. The molecule has 0 radical (unpaired) electrons. The third kappa shape index (κ3) is 1.19. The van der Waals surface area contributed by atoms with Crippen LogP contribution >= 0.6 is 0 Å². The zero-order valence-electron chi connectivity index (χ0n) is 8.66. The molecule has 1 nitrogen and oxygen atoms in total. The molecule has 2 bridgehead atoms. The predicted octanol–water partition coefficient (Wildman–Crippen LogP) is 2.32. The van der Waals surface area contributed by atoms with Crippen LogP contribution in [0.15, 0.2) is 24.3 Å². The first-order valence-electron chi connectivity index (χ1n) is 5.66. The van der Waals surface area contributed by atoms with E-state index in [4.69, 9.17) is 0 Å². The molecule has 1 heterocycles. The molecular weight excluding hydrogens is 170 g/mol.